The predicted molar refractivity (Wildman–Crippen MR) is 78.7 cm³/mol. The topological polar surface area (TPSA) is 32.3 Å². The predicted octanol–water partition coefficient (Wildman–Crippen LogP) is 3.15. The van der Waals surface area contributed by atoms with Crippen LogP contribution in [0.2, 0.25) is 0 Å². The summed E-state index contributed by atoms with van der Waals surface area (Å²) in [6.45, 7) is 7.56. The van der Waals surface area contributed by atoms with Crippen molar-refractivity contribution in [3.63, 3.8) is 0 Å². The van der Waals surface area contributed by atoms with Gasteiger partial charge in [-0.15, -0.1) is 0 Å². The lowest BCUT2D eigenvalue weighted by atomic mass is 9.80. The number of rotatable bonds is 5. The first-order valence-corrected chi connectivity index (χ1v) is 8.22. The van der Waals surface area contributed by atoms with Crippen LogP contribution in [0.25, 0.3) is 0 Å². The minimum atomic E-state index is 0.0759. The molecule has 3 heteroatoms. The minimum Gasteiger partial charge on any atom is -0.326 e. The largest absolute Gasteiger partial charge is 0.326 e. The summed E-state index contributed by atoms with van der Waals surface area (Å²) in [7, 11) is 0. The van der Waals surface area contributed by atoms with E-state index >= 15 is 0 Å². The number of hydrogen-bond acceptors (Lipinski definition) is 2. The molecule has 0 aromatic heterocycles. The minimum absolute atomic E-state index is 0.0759. The monoisotopic (exact) mass is 266 g/mol. The van der Waals surface area contributed by atoms with E-state index in [9.17, 15) is 4.79 Å². The molecule has 2 aliphatic rings. The summed E-state index contributed by atoms with van der Waals surface area (Å²) in [6, 6.07) is 0.0759. The van der Waals surface area contributed by atoms with Gasteiger partial charge in [0, 0.05) is 6.54 Å². The van der Waals surface area contributed by atoms with Crippen molar-refractivity contribution in [2.75, 3.05) is 6.54 Å². The van der Waals surface area contributed by atoms with Gasteiger partial charge in [-0.05, 0) is 38.0 Å². The molecule has 1 aliphatic carbocycles. The maximum atomic E-state index is 12.4. The third-order valence-corrected chi connectivity index (χ3v) is 5.07. The number of nitrogens with zero attached hydrogens (tertiary/aromatic N) is 1. The zero-order valence-electron chi connectivity index (χ0n) is 12.8. The van der Waals surface area contributed by atoms with E-state index in [2.05, 4.69) is 31.0 Å². The fourth-order valence-corrected chi connectivity index (χ4v) is 3.69. The highest BCUT2D eigenvalue weighted by Gasteiger charge is 2.37. The molecule has 1 saturated heterocycles. The van der Waals surface area contributed by atoms with E-state index in [4.69, 9.17) is 0 Å². The van der Waals surface area contributed by atoms with E-state index in [-0.39, 0.29) is 12.2 Å². The van der Waals surface area contributed by atoms with Crippen LogP contribution < -0.4 is 5.32 Å². The van der Waals surface area contributed by atoms with Gasteiger partial charge < -0.3 is 4.90 Å². The summed E-state index contributed by atoms with van der Waals surface area (Å²) in [5, 5.41) is 3.44. The summed E-state index contributed by atoms with van der Waals surface area (Å²) >= 11 is 0. The second-order valence-corrected chi connectivity index (χ2v) is 6.47. The lowest BCUT2D eigenvalue weighted by molar-refractivity contribution is -0.130. The lowest BCUT2D eigenvalue weighted by Crippen LogP contribution is -2.39. The molecule has 0 aromatic carbocycles. The van der Waals surface area contributed by atoms with E-state index in [0.29, 0.717) is 5.91 Å². The third-order valence-electron chi connectivity index (χ3n) is 5.07. The van der Waals surface area contributed by atoms with Crippen LogP contribution in [0.4, 0.5) is 0 Å². The quantitative estimate of drug-likeness (QED) is 0.829. The van der Waals surface area contributed by atoms with Crippen LogP contribution in [0, 0.1) is 11.8 Å². The molecule has 1 amide bonds. The van der Waals surface area contributed by atoms with Gasteiger partial charge in [0.15, 0.2) is 0 Å². The summed E-state index contributed by atoms with van der Waals surface area (Å²) in [6.07, 6.45) is 8.96. The van der Waals surface area contributed by atoms with Crippen LogP contribution in [0.5, 0.6) is 0 Å². The maximum absolute atomic E-state index is 12.4. The molecule has 1 saturated carbocycles. The zero-order chi connectivity index (χ0) is 13.8. The van der Waals surface area contributed by atoms with Gasteiger partial charge >= 0.3 is 0 Å². The van der Waals surface area contributed by atoms with Gasteiger partial charge in [0.05, 0.1) is 12.2 Å². The second-order valence-electron chi connectivity index (χ2n) is 6.47. The van der Waals surface area contributed by atoms with Crippen molar-refractivity contribution >= 4 is 5.91 Å². The smallest absolute Gasteiger partial charge is 0.241 e. The standard InChI is InChI=1S/C16H30N2O/c1-4-6-15-16(19)18(12(3)17-15)11-14-9-7-13(5-2)8-10-14/h12-15,17H,4-11H2,1-3H3. The Labute approximate surface area is 118 Å². The number of carbonyl (C=O) groups excluding carboxylic acids is 1. The van der Waals surface area contributed by atoms with Crippen LogP contribution in [-0.4, -0.2) is 29.6 Å². The Morgan fingerprint density at radius 1 is 1.16 bits per heavy atom. The average Bonchev–Trinajstić information content (AvgIpc) is 2.68. The second kappa shape index (κ2) is 6.74. The van der Waals surface area contributed by atoms with E-state index in [1.54, 1.807) is 0 Å². The third kappa shape index (κ3) is 3.50. The normalized spacial score (nSPS) is 35.9. The Morgan fingerprint density at radius 3 is 2.37 bits per heavy atom. The molecule has 1 N–H and O–H groups in total. The Morgan fingerprint density at radius 2 is 1.79 bits per heavy atom. The fourth-order valence-electron chi connectivity index (χ4n) is 3.69. The Hall–Kier alpha value is -0.570. The molecule has 0 bridgehead atoms. The van der Waals surface area contributed by atoms with Crippen LogP contribution in [0.15, 0.2) is 0 Å². The van der Waals surface area contributed by atoms with E-state index in [1.807, 2.05) is 0 Å². The molecule has 110 valence electrons. The van der Waals surface area contributed by atoms with Gasteiger partial charge in [-0.1, -0.05) is 39.5 Å². The number of amides is 1. The molecule has 1 aliphatic heterocycles. The highest BCUT2D eigenvalue weighted by molar-refractivity contribution is 5.84. The molecule has 0 radical (unpaired) electrons. The SMILES string of the molecule is CCCC1NC(C)N(CC2CCC(CC)CC2)C1=O. The van der Waals surface area contributed by atoms with Gasteiger partial charge in [0.25, 0.3) is 0 Å². The van der Waals surface area contributed by atoms with Gasteiger partial charge in [0.2, 0.25) is 5.91 Å². The molecular weight excluding hydrogens is 236 g/mol. The van der Waals surface area contributed by atoms with Crippen LogP contribution >= 0.6 is 0 Å². The lowest BCUT2D eigenvalue weighted by Gasteiger charge is -2.32. The van der Waals surface area contributed by atoms with Crippen molar-refractivity contribution < 1.29 is 4.79 Å². The first-order chi connectivity index (χ1) is 9.15. The first-order valence-electron chi connectivity index (χ1n) is 8.22. The summed E-state index contributed by atoms with van der Waals surface area (Å²) in [4.78, 5) is 14.5. The Balaban J connectivity index is 1.84. The zero-order valence-corrected chi connectivity index (χ0v) is 12.8. The number of hydrogen-bond donors (Lipinski definition) is 1. The Bertz CT molecular complexity index is 297. The van der Waals surface area contributed by atoms with Crippen molar-refractivity contribution in [2.24, 2.45) is 11.8 Å². The molecule has 3 nitrogen and oxygen atoms in total. The van der Waals surface area contributed by atoms with Gasteiger partial charge in [-0.2, -0.15) is 0 Å². The summed E-state index contributed by atoms with van der Waals surface area (Å²) < 4.78 is 0. The Kier molecular flexibility index (Phi) is 5.26. The van der Waals surface area contributed by atoms with Gasteiger partial charge in [-0.25, -0.2) is 0 Å². The van der Waals surface area contributed by atoms with Gasteiger partial charge in [-0.3, -0.25) is 10.1 Å². The molecule has 19 heavy (non-hydrogen) atoms. The fraction of sp³-hybridized carbons (Fsp3) is 0.938. The molecule has 0 spiro atoms. The van der Waals surface area contributed by atoms with Crippen LogP contribution in [0.3, 0.4) is 0 Å². The van der Waals surface area contributed by atoms with Crippen LogP contribution in [0.1, 0.15) is 65.7 Å². The molecule has 1 heterocycles. The highest BCUT2D eigenvalue weighted by Crippen LogP contribution is 2.32. The van der Waals surface area contributed by atoms with Crippen molar-refractivity contribution in [3.05, 3.63) is 0 Å². The van der Waals surface area contributed by atoms with Gasteiger partial charge in [0.1, 0.15) is 0 Å². The molecule has 2 rings (SSSR count). The maximum Gasteiger partial charge on any atom is 0.241 e. The molecule has 2 unspecified atom stereocenters. The molecule has 2 atom stereocenters. The first kappa shape index (κ1) is 14.8. The van der Waals surface area contributed by atoms with E-state index in [0.717, 1.165) is 31.2 Å². The van der Waals surface area contributed by atoms with Crippen molar-refractivity contribution in [2.45, 2.75) is 77.9 Å². The summed E-state index contributed by atoms with van der Waals surface area (Å²) in [5.74, 6) is 2.01. The number of nitrogens with one attached hydrogen (secondary N) is 1. The van der Waals surface area contributed by atoms with E-state index < -0.39 is 0 Å². The van der Waals surface area contributed by atoms with E-state index in [1.165, 1.54) is 32.1 Å². The van der Waals surface area contributed by atoms with Crippen LogP contribution in [-0.2, 0) is 4.79 Å². The molecule has 0 aromatic rings. The molecular formula is C16H30N2O. The molecule has 2 fully saturated rings. The number of carbonyl (C=O) groups is 1. The van der Waals surface area contributed by atoms with Crippen molar-refractivity contribution in [3.8, 4) is 0 Å². The highest BCUT2D eigenvalue weighted by atomic mass is 16.2. The van der Waals surface area contributed by atoms with Crippen molar-refractivity contribution in [1.82, 2.24) is 10.2 Å². The average molecular weight is 266 g/mol. The van der Waals surface area contributed by atoms with Crippen molar-refractivity contribution in [1.29, 1.82) is 0 Å². The summed E-state index contributed by atoms with van der Waals surface area (Å²) in [5.41, 5.74) is 0.